The molecule has 0 unspecified atom stereocenters. The maximum atomic E-state index is 9.23. The smallest absolute Gasteiger partial charge is 0.0481 e. The van der Waals surface area contributed by atoms with Gasteiger partial charge in [0.1, 0.15) is 0 Å². The highest BCUT2D eigenvalue weighted by atomic mass is 16.2. The van der Waals surface area contributed by atoms with Gasteiger partial charge < -0.3 is 20.7 Å². The summed E-state index contributed by atoms with van der Waals surface area (Å²) in [4.78, 5) is 0. The number of aromatic nitrogens is 1. The van der Waals surface area contributed by atoms with Gasteiger partial charge in [-0.05, 0) is 36.2 Å². The number of aliphatic hydroxyl groups excluding tert-OH is 1. The molecule has 0 aliphatic rings. The maximum absolute atomic E-state index is 9.23. The van der Waals surface area contributed by atoms with Gasteiger partial charge in [-0.25, -0.2) is 0 Å². The Morgan fingerprint density at radius 1 is 1.39 bits per heavy atom. The van der Waals surface area contributed by atoms with Crippen LogP contribution in [0.3, 0.4) is 0 Å². The number of aliphatic hydroxyl groups is 1. The zero-order valence-electron chi connectivity index (χ0n) is 10.8. The largest absolute Gasteiger partial charge is 0.399 e. The van der Waals surface area contributed by atoms with Crippen LogP contribution >= 0.6 is 0 Å². The van der Waals surface area contributed by atoms with Crippen LogP contribution in [0, 0.1) is 0 Å². The van der Waals surface area contributed by atoms with Crippen LogP contribution in [0.5, 0.6) is 0 Å². The second-order valence-corrected chi connectivity index (χ2v) is 4.32. The summed E-state index contributed by atoms with van der Waals surface area (Å²) in [6.45, 7) is 0.121. The van der Waals surface area contributed by atoms with Crippen molar-refractivity contribution in [3.8, 4) is 11.3 Å². The molecule has 2 rings (SSSR count). The van der Waals surface area contributed by atoms with E-state index in [1.807, 2.05) is 38.5 Å². The fourth-order valence-corrected chi connectivity index (χ4v) is 2.27. The lowest BCUT2D eigenvalue weighted by atomic mass is 9.99. The fraction of sp³-hybridized carbons (Fsp3) is 0.286. The van der Waals surface area contributed by atoms with E-state index in [1.165, 1.54) is 0 Å². The van der Waals surface area contributed by atoms with E-state index in [9.17, 15) is 5.11 Å². The zero-order chi connectivity index (χ0) is 13.1. The first kappa shape index (κ1) is 12.5. The third-order valence-electron chi connectivity index (χ3n) is 3.12. The SMILES string of the molecule is CNc1cc(N)cc(-c2cccn2C)c1CCO. The number of anilines is 2. The number of nitrogens with one attached hydrogen (secondary N) is 1. The molecular formula is C14H19N3O. The van der Waals surface area contributed by atoms with Crippen molar-refractivity contribution >= 4 is 11.4 Å². The summed E-state index contributed by atoms with van der Waals surface area (Å²) in [5.74, 6) is 0. The lowest BCUT2D eigenvalue weighted by Crippen LogP contribution is -2.04. The molecule has 1 aromatic carbocycles. The quantitative estimate of drug-likeness (QED) is 0.720. The molecule has 0 amide bonds. The van der Waals surface area contributed by atoms with Crippen LogP contribution in [0.1, 0.15) is 5.56 Å². The Balaban J connectivity index is 2.64. The van der Waals surface area contributed by atoms with E-state index in [-0.39, 0.29) is 6.61 Å². The molecule has 0 bridgehead atoms. The van der Waals surface area contributed by atoms with E-state index in [0.29, 0.717) is 6.42 Å². The molecule has 1 heterocycles. The number of hydrogen-bond acceptors (Lipinski definition) is 3. The first-order chi connectivity index (χ1) is 8.67. The fourth-order valence-electron chi connectivity index (χ4n) is 2.27. The molecule has 4 nitrogen and oxygen atoms in total. The van der Waals surface area contributed by atoms with E-state index in [4.69, 9.17) is 5.73 Å². The Labute approximate surface area is 107 Å². The standard InChI is InChI=1S/C14H19N3O/c1-16-13-9-10(15)8-12(11(13)5-7-18)14-4-3-6-17(14)2/h3-4,6,8-9,16,18H,5,7,15H2,1-2H3. The predicted octanol–water partition coefficient (Wildman–Crippen LogP) is 1.85. The first-order valence-electron chi connectivity index (χ1n) is 6.00. The van der Waals surface area contributed by atoms with E-state index in [0.717, 1.165) is 28.2 Å². The number of benzene rings is 1. The van der Waals surface area contributed by atoms with Crippen LogP contribution in [0.4, 0.5) is 11.4 Å². The summed E-state index contributed by atoms with van der Waals surface area (Å²) >= 11 is 0. The van der Waals surface area contributed by atoms with Gasteiger partial charge in [0, 0.05) is 49.5 Å². The van der Waals surface area contributed by atoms with Gasteiger partial charge >= 0.3 is 0 Å². The van der Waals surface area contributed by atoms with Crippen molar-refractivity contribution in [2.45, 2.75) is 6.42 Å². The Kier molecular flexibility index (Phi) is 3.58. The van der Waals surface area contributed by atoms with Gasteiger partial charge in [0.2, 0.25) is 0 Å². The molecule has 1 aromatic heterocycles. The number of nitrogen functional groups attached to an aromatic ring is 1. The predicted molar refractivity (Wildman–Crippen MR) is 75.6 cm³/mol. The number of hydrogen-bond donors (Lipinski definition) is 3. The Hall–Kier alpha value is -1.94. The molecule has 0 spiro atoms. The van der Waals surface area contributed by atoms with Crippen molar-refractivity contribution in [1.82, 2.24) is 4.57 Å². The third kappa shape index (κ3) is 2.19. The van der Waals surface area contributed by atoms with Crippen molar-refractivity contribution < 1.29 is 5.11 Å². The zero-order valence-corrected chi connectivity index (χ0v) is 10.8. The van der Waals surface area contributed by atoms with Crippen molar-refractivity contribution in [2.75, 3.05) is 24.7 Å². The topological polar surface area (TPSA) is 63.2 Å². The summed E-state index contributed by atoms with van der Waals surface area (Å²) in [6.07, 6.45) is 2.61. The van der Waals surface area contributed by atoms with Gasteiger partial charge in [0.05, 0.1) is 0 Å². The van der Waals surface area contributed by atoms with Gasteiger partial charge in [-0.3, -0.25) is 0 Å². The minimum absolute atomic E-state index is 0.121. The van der Waals surface area contributed by atoms with Crippen molar-refractivity contribution in [1.29, 1.82) is 0 Å². The summed E-state index contributed by atoms with van der Waals surface area (Å²) in [6, 6.07) is 7.91. The molecule has 0 saturated carbocycles. The monoisotopic (exact) mass is 245 g/mol. The lowest BCUT2D eigenvalue weighted by Gasteiger charge is -2.16. The Bertz CT molecular complexity index is 546. The maximum Gasteiger partial charge on any atom is 0.0481 e. The second kappa shape index (κ2) is 5.14. The van der Waals surface area contributed by atoms with E-state index >= 15 is 0 Å². The van der Waals surface area contributed by atoms with E-state index in [2.05, 4.69) is 16.0 Å². The van der Waals surface area contributed by atoms with Gasteiger partial charge in [0.25, 0.3) is 0 Å². The van der Waals surface area contributed by atoms with E-state index in [1.54, 1.807) is 0 Å². The van der Waals surface area contributed by atoms with Crippen LogP contribution in [-0.2, 0) is 13.5 Å². The number of rotatable bonds is 4. The highest BCUT2D eigenvalue weighted by molar-refractivity contribution is 5.77. The molecule has 0 aliphatic carbocycles. The van der Waals surface area contributed by atoms with Gasteiger partial charge in [-0.2, -0.15) is 0 Å². The normalized spacial score (nSPS) is 10.6. The molecule has 4 N–H and O–H groups in total. The highest BCUT2D eigenvalue weighted by Crippen LogP contribution is 2.32. The Morgan fingerprint density at radius 3 is 2.72 bits per heavy atom. The number of nitrogens with zero attached hydrogens (tertiary/aromatic N) is 1. The third-order valence-corrected chi connectivity index (χ3v) is 3.12. The Morgan fingerprint density at radius 2 is 2.17 bits per heavy atom. The molecule has 0 radical (unpaired) electrons. The summed E-state index contributed by atoms with van der Waals surface area (Å²) < 4.78 is 2.05. The average Bonchev–Trinajstić information content (AvgIpc) is 2.77. The molecule has 0 atom stereocenters. The van der Waals surface area contributed by atoms with Crippen molar-refractivity contribution in [3.63, 3.8) is 0 Å². The molecular weight excluding hydrogens is 226 g/mol. The minimum atomic E-state index is 0.121. The van der Waals surface area contributed by atoms with Crippen molar-refractivity contribution in [2.24, 2.45) is 7.05 Å². The summed E-state index contributed by atoms with van der Waals surface area (Å²) in [7, 11) is 3.87. The van der Waals surface area contributed by atoms with Gasteiger partial charge in [-0.1, -0.05) is 0 Å². The highest BCUT2D eigenvalue weighted by Gasteiger charge is 2.12. The lowest BCUT2D eigenvalue weighted by molar-refractivity contribution is 0.300. The van der Waals surface area contributed by atoms with Crippen LogP contribution in [0.2, 0.25) is 0 Å². The van der Waals surface area contributed by atoms with Crippen LogP contribution < -0.4 is 11.1 Å². The number of nitrogens with two attached hydrogens (primary N) is 1. The molecule has 18 heavy (non-hydrogen) atoms. The van der Waals surface area contributed by atoms with E-state index < -0.39 is 0 Å². The average molecular weight is 245 g/mol. The molecule has 0 saturated heterocycles. The van der Waals surface area contributed by atoms with Gasteiger partial charge in [-0.15, -0.1) is 0 Å². The molecule has 2 aromatic rings. The van der Waals surface area contributed by atoms with Crippen molar-refractivity contribution in [3.05, 3.63) is 36.0 Å². The van der Waals surface area contributed by atoms with Gasteiger partial charge in [0.15, 0.2) is 0 Å². The molecule has 96 valence electrons. The summed E-state index contributed by atoms with van der Waals surface area (Å²) in [5, 5.41) is 12.4. The summed E-state index contributed by atoms with van der Waals surface area (Å²) in [5.41, 5.74) is 10.9. The molecule has 0 fully saturated rings. The first-order valence-corrected chi connectivity index (χ1v) is 6.00. The van der Waals surface area contributed by atoms with Crippen LogP contribution in [0.25, 0.3) is 11.3 Å². The molecule has 0 aliphatic heterocycles. The minimum Gasteiger partial charge on any atom is -0.399 e. The second-order valence-electron chi connectivity index (χ2n) is 4.32. The molecule has 4 heteroatoms. The van der Waals surface area contributed by atoms with Crippen LogP contribution in [-0.4, -0.2) is 23.3 Å². The van der Waals surface area contributed by atoms with Crippen LogP contribution in [0.15, 0.2) is 30.5 Å². The number of aryl methyl sites for hydroxylation is 1.